The number of hydrogen-bond acceptors (Lipinski definition) is 3. The minimum Gasteiger partial charge on any atom is -0.455 e. The Morgan fingerprint density at radius 3 is 1.84 bits per heavy atom. The van der Waals surface area contributed by atoms with Crippen LogP contribution >= 0.6 is 0 Å². The number of anilines is 3. The van der Waals surface area contributed by atoms with Gasteiger partial charge in [-0.05, 0) is 98.2 Å². The molecule has 10 aromatic carbocycles. The molecule has 2 heterocycles. The van der Waals surface area contributed by atoms with E-state index in [1.165, 1.54) is 27.1 Å². The van der Waals surface area contributed by atoms with Gasteiger partial charge in [0.1, 0.15) is 22.3 Å². The number of rotatable bonds is 5. The second-order valence-corrected chi connectivity index (χ2v) is 14.9. The van der Waals surface area contributed by atoms with Crippen molar-refractivity contribution < 1.29 is 8.83 Å². The first kappa shape index (κ1) is 31.7. The molecule has 0 aliphatic carbocycles. The van der Waals surface area contributed by atoms with E-state index in [2.05, 4.69) is 193 Å². The average molecular weight is 728 g/mol. The van der Waals surface area contributed by atoms with Gasteiger partial charge in [-0.1, -0.05) is 146 Å². The standard InChI is InChI=1S/C54H33NO2/c1-3-14-42-35(10-1)22-23-39-32-37(27-30-43(39)42)34-24-28-40(29-25-34)55(49-19-9-21-51-52(49)48-31-26-36-11-2-4-15-44(36)54(48)57-51)41-13-7-12-38(33-41)45-17-8-18-47-46-16-5-6-20-50(46)56-53(45)47/h1-33H. The number of furan rings is 2. The molecule has 2 aromatic heterocycles. The molecule has 0 saturated carbocycles. The molecule has 0 fully saturated rings. The Kier molecular flexibility index (Phi) is 6.93. The summed E-state index contributed by atoms with van der Waals surface area (Å²) in [5.74, 6) is 0. The summed E-state index contributed by atoms with van der Waals surface area (Å²) >= 11 is 0. The fraction of sp³-hybridized carbons (Fsp3) is 0. The number of fused-ring (bicyclic) bond motifs is 11. The third-order valence-electron chi connectivity index (χ3n) is 11.6. The van der Waals surface area contributed by atoms with Gasteiger partial charge in [-0.15, -0.1) is 0 Å². The van der Waals surface area contributed by atoms with Crippen molar-refractivity contribution >= 4 is 93.3 Å². The van der Waals surface area contributed by atoms with Crippen molar-refractivity contribution in [2.45, 2.75) is 0 Å². The van der Waals surface area contributed by atoms with Crippen molar-refractivity contribution in [1.29, 1.82) is 0 Å². The highest BCUT2D eigenvalue weighted by atomic mass is 16.3. The van der Waals surface area contributed by atoms with Gasteiger partial charge in [0.2, 0.25) is 0 Å². The topological polar surface area (TPSA) is 29.5 Å². The summed E-state index contributed by atoms with van der Waals surface area (Å²) in [6.07, 6.45) is 0. The summed E-state index contributed by atoms with van der Waals surface area (Å²) in [5, 5.41) is 11.7. The maximum atomic E-state index is 6.70. The summed E-state index contributed by atoms with van der Waals surface area (Å²) < 4.78 is 13.2. The van der Waals surface area contributed by atoms with E-state index in [4.69, 9.17) is 8.83 Å². The first-order valence-corrected chi connectivity index (χ1v) is 19.4. The first-order valence-electron chi connectivity index (χ1n) is 19.4. The zero-order chi connectivity index (χ0) is 37.5. The predicted octanol–water partition coefficient (Wildman–Crippen LogP) is 15.7. The van der Waals surface area contributed by atoms with Crippen LogP contribution < -0.4 is 4.90 Å². The summed E-state index contributed by atoms with van der Waals surface area (Å²) in [7, 11) is 0. The molecule has 0 N–H and O–H groups in total. The van der Waals surface area contributed by atoms with E-state index in [-0.39, 0.29) is 0 Å². The number of para-hydroxylation sites is 2. The Hall–Kier alpha value is -7.62. The van der Waals surface area contributed by atoms with Crippen molar-refractivity contribution in [2.24, 2.45) is 0 Å². The maximum Gasteiger partial charge on any atom is 0.143 e. The van der Waals surface area contributed by atoms with Gasteiger partial charge in [0, 0.05) is 38.5 Å². The van der Waals surface area contributed by atoms with E-state index < -0.39 is 0 Å². The molecule has 0 aliphatic heterocycles. The molecule has 0 saturated heterocycles. The summed E-state index contributed by atoms with van der Waals surface area (Å²) in [4.78, 5) is 2.37. The molecule has 3 heteroatoms. The largest absolute Gasteiger partial charge is 0.455 e. The van der Waals surface area contributed by atoms with Crippen molar-refractivity contribution in [3.63, 3.8) is 0 Å². The van der Waals surface area contributed by atoms with Crippen LogP contribution in [0.15, 0.2) is 209 Å². The fourth-order valence-electron chi connectivity index (χ4n) is 8.93. The predicted molar refractivity (Wildman–Crippen MR) is 239 cm³/mol. The van der Waals surface area contributed by atoms with Gasteiger partial charge in [0.15, 0.2) is 0 Å². The highest BCUT2D eigenvalue weighted by Crippen LogP contribution is 2.46. The zero-order valence-corrected chi connectivity index (χ0v) is 30.8. The van der Waals surface area contributed by atoms with Crippen LogP contribution in [0.4, 0.5) is 17.1 Å². The molecule has 0 spiro atoms. The lowest BCUT2D eigenvalue weighted by atomic mass is 9.97. The van der Waals surface area contributed by atoms with Crippen LogP contribution in [-0.4, -0.2) is 0 Å². The van der Waals surface area contributed by atoms with Crippen LogP contribution in [0, 0.1) is 0 Å². The Morgan fingerprint density at radius 2 is 0.947 bits per heavy atom. The molecule has 12 rings (SSSR count). The second kappa shape index (κ2) is 12.5. The van der Waals surface area contributed by atoms with Gasteiger partial charge in [-0.3, -0.25) is 0 Å². The smallest absolute Gasteiger partial charge is 0.143 e. The molecule has 0 amide bonds. The van der Waals surface area contributed by atoms with Crippen molar-refractivity contribution in [3.05, 3.63) is 200 Å². The van der Waals surface area contributed by atoms with Gasteiger partial charge < -0.3 is 13.7 Å². The highest BCUT2D eigenvalue weighted by Gasteiger charge is 2.22. The highest BCUT2D eigenvalue weighted by molar-refractivity contribution is 6.20. The Morgan fingerprint density at radius 1 is 0.316 bits per heavy atom. The summed E-state index contributed by atoms with van der Waals surface area (Å²) in [6, 6.07) is 71.5. The molecule has 0 bridgehead atoms. The van der Waals surface area contributed by atoms with E-state index in [9.17, 15) is 0 Å². The number of hydrogen-bond donors (Lipinski definition) is 0. The molecule has 0 atom stereocenters. The molecule has 57 heavy (non-hydrogen) atoms. The second-order valence-electron chi connectivity index (χ2n) is 14.9. The Labute approximate surface area is 328 Å². The number of nitrogens with zero attached hydrogens (tertiary/aromatic N) is 1. The quantitative estimate of drug-likeness (QED) is 0.165. The lowest BCUT2D eigenvalue weighted by Crippen LogP contribution is -2.10. The molecule has 0 radical (unpaired) electrons. The van der Waals surface area contributed by atoms with Crippen LogP contribution in [0.5, 0.6) is 0 Å². The van der Waals surface area contributed by atoms with E-state index in [1.54, 1.807) is 0 Å². The lowest BCUT2D eigenvalue weighted by Gasteiger charge is -2.27. The van der Waals surface area contributed by atoms with Crippen molar-refractivity contribution in [1.82, 2.24) is 0 Å². The van der Waals surface area contributed by atoms with E-state index in [0.717, 1.165) is 88.4 Å². The van der Waals surface area contributed by atoms with Gasteiger partial charge >= 0.3 is 0 Å². The lowest BCUT2D eigenvalue weighted by molar-refractivity contribution is 0.670. The normalized spacial score (nSPS) is 11.9. The summed E-state index contributed by atoms with van der Waals surface area (Å²) in [5.41, 5.74) is 11.2. The molecule has 266 valence electrons. The van der Waals surface area contributed by atoms with Crippen LogP contribution in [0.3, 0.4) is 0 Å². The first-order chi connectivity index (χ1) is 28.2. The minimum absolute atomic E-state index is 0.854. The summed E-state index contributed by atoms with van der Waals surface area (Å²) in [6.45, 7) is 0. The fourth-order valence-corrected chi connectivity index (χ4v) is 8.93. The minimum atomic E-state index is 0.854. The van der Waals surface area contributed by atoms with E-state index in [1.807, 2.05) is 12.1 Å². The SMILES string of the molecule is c1cc(-c2cccc3c2oc2ccccc23)cc(N(c2ccc(-c3ccc4c(ccc5ccccc54)c3)cc2)c2cccc3oc4c5ccccc5ccc4c23)c1. The Balaban J connectivity index is 1.04. The molecule has 12 aromatic rings. The van der Waals surface area contributed by atoms with Crippen LogP contribution in [0.25, 0.3) is 98.4 Å². The molecular weight excluding hydrogens is 695 g/mol. The average Bonchev–Trinajstić information content (AvgIpc) is 3.86. The molecular formula is C54H33NO2. The zero-order valence-electron chi connectivity index (χ0n) is 30.8. The van der Waals surface area contributed by atoms with E-state index in [0.29, 0.717) is 0 Å². The van der Waals surface area contributed by atoms with Crippen LogP contribution in [0.2, 0.25) is 0 Å². The van der Waals surface area contributed by atoms with Crippen molar-refractivity contribution in [2.75, 3.05) is 4.90 Å². The Bertz CT molecular complexity index is 3530. The molecule has 0 aliphatic rings. The third kappa shape index (κ3) is 4.99. The third-order valence-corrected chi connectivity index (χ3v) is 11.6. The maximum absolute atomic E-state index is 6.70. The van der Waals surface area contributed by atoms with Crippen molar-refractivity contribution in [3.8, 4) is 22.3 Å². The molecule has 3 nitrogen and oxygen atoms in total. The van der Waals surface area contributed by atoms with Gasteiger partial charge in [-0.2, -0.15) is 0 Å². The monoisotopic (exact) mass is 727 g/mol. The number of benzene rings is 10. The van der Waals surface area contributed by atoms with Gasteiger partial charge in [0.25, 0.3) is 0 Å². The van der Waals surface area contributed by atoms with Crippen LogP contribution in [0.1, 0.15) is 0 Å². The van der Waals surface area contributed by atoms with Crippen LogP contribution in [-0.2, 0) is 0 Å². The molecule has 0 unspecified atom stereocenters. The van der Waals surface area contributed by atoms with E-state index >= 15 is 0 Å². The van der Waals surface area contributed by atoms with Gasteiger partial charge in [-0.25, -0.2) is 0 Å². The van der Waals surface area contributed by atoms with Gasteiger partial charge in [0.05, 0.1) is 11.1 Å².